The second-order valence-electron chi connectivity index (χ2n) is 6.93. The zero-order valence-electron chi connectivity index (χ0n) is 16.8. The Morgan fingerprint density at radius 2 is 1.54 bits per heavy atom. The molecule has 0 amide bonds. The molecule has 0 saturated heterocycles. The van der Waals surface area contributed by atoms with Crippen molar-refractivity contribution >= 4 is 17.5 Å². The van der Waals surface area contributed by atoms with Gasteiger partial charge in [-0.15, -0.1) is 0 Å². The normalized spacial score (nSPS) is 11.6. The molecule has 0 aliphatic heterocycles. The van der Waals surface area contributed by atoms with Crippen LogP contribution in [0.2, 0.25) is 0 Å². The van der Waals surface area contributed by atoms with Crippen LogP contribution in [0.3, 0.4) is 0 Å². The highest BCUT2D eigenvalue weighted by atomic mass is 16.5. The molecule has 0 bridgehead atoms. The second kappa shape index (κ2) is 9.22. The van der Waals surface area contributed by atoms with Gasteiger partial charge in [0, 0.05) is 13.6 Å². The van der Waals surface area contributed by atoms with Gasteiger partial charge in [-0.05, 0) is 29.6 Å². The molecular formula is C21H29NO4. The first-order chi connectivity index (χ1) is 12.2. The van der Waals surface area contributed by atoms with E-state index in [0.29, 0.717) is 12.2 Å². The molecule has 142 valence electrons. The third kappa shape index (κ3) is 5.22. The van der Waals surface area contributed by atoms with Crippen LogP contribution < -0.4 is 0 Å². The van der Waals surface area contributed by atoms with E-state index in [-0.39, 0.29) is 11.0 Å². The molecule has 1 aromatic carbocycles. The summed E-state index contributed by atoms with van der Waals surface area (Å²) in [5.74, 6) is -1.44. The van der Waals surface area contributed by atoms with Crippen LogP contribution in [0.25, 0.3) is 5.57 Å². The van der Waals surface area contributed by atoms with Crippen molar-refractivity contribution < 1.29 is 19.1 Å². The van der Waals surface area contributed by atoms with Crippen molar-refractivity contribution in [1.29, 1.82) is 0 Å². The van der Waals surface area contributed by atoms with Gasteiger partial charge >= 0.3 is 11.9 Å². The minimum Gasteiger partial charge on any atom is -0.465 e. The number of rotatable bonds is 6. The van der Waals surface area contributed by atoms with E-state index < -0.39 is 11.9 Å². The van der Waals surface area contributed by atoms with Crippen LogP contribution in [0.1, 0.15) is 33.3 Å². The summed E-state index contributed by atoms with van der Waals surface area (Å²) in [7, 11) is 4.32. The molecule has 0 atom stereocenters. The molecule has 5 heteroatoms. The number of esters is 2. The summed E-state index contributed by atoms with van der Waals surface area (Å²) in [5.41, 5.74) is 2.17. The van der Waals surface area contributed by atoms with Crippen molar-refractivity contribution in [1.82, 2.24) is 4.90 Å². The van der Waals surface area contributed by atoms with E-state index in [4.69, 9.17) is 9.47 Å². The first-order valence-corrected chi connectivity index (χ1v) is 8.57. The summed E-state index contributed by atoms with van der Waals surface area (Å²) < 4.78 is 9.66. The number of allylic oxidation sites excluding steroid dienone is 2. The highest BCUT2D eigenvalue weighted by Crippen LogP contribution is 2.35. The van der Waals surface area contributed by atoms with Crippen molar-refractivity contribution in [2.45, 2.75) is 27.7 Å². The van der Waals surface area contributed by atoms with E-state index in [1.165, 1.54) is 14.2 Å². The first-order valence-electron chi connectivity index (χ1n) is 8.57. The van der Waals surface area contributed by atoms with Gasteiger partial charge in [-0.2, -0.15) is 0 Å². The highest BCUT2D eigenvalue weighted by Gasteiger charge is 2.28. The average molecular weight is 359 g/mol. The zero-order valence-corrected chi connectivity index (χ0v) is 16.8. The summed E-state index contributed by atoms with van der Waals surface area (Å²) in [6.07, 6.45) is 1.88. The van der Waals surface area contributed by atoms with Crippen LogP contribution in [0, 0.1) is 5.41 Å². The van der Waals surface area contributed by atoms with E-state index in [2.05, 4.69) is 20.8 Å². The smallest absolute Gasteiger partial charge is 0.347 e. The maximum absolute atomic E-state index is 12.3. The lowest BCUT2D eigenvalue weighted by Crippen LogP contribution is -2.26. The van der Waals surface area contributed by atoms with Gasteiger partial charge in [0.1, 0.15) is 0 Å². The molecule has 0 aliphatic rings. The molecule has 0 radical (unpaired) electrons. The lowest BCUT2D eigenvalue weighted by molar-refractivity contribution is -0.144. The molecular weight excluding hydrogens is 330 g/mol. The molecule has 0 N–H and O–H groups in total. The fraction of sp³-hybridized carbons (Fsp3) is 0.429. The molecule has 5 nitrogen and oxygen atoms in total. The van der Waals surface area contributed by atoms with Gasteiger partial charge in [-0.3, -0.25) is 0 Å². The summed E-state index contributed by atoms with van der Waals surface area (Å²) in [6.45, 7) is 8.82. The van der Waals surface area contributed by atoms with Gasteiger partial charge in [-0.25, -0.2) is 9.59 Å². The number of carbonyl (C=O) groups is 2. The van der Waals surface area contributed by atoms with Gasteiger partial charge in [0.05, 0.1) is 19.9 Å². The van der Waals surface area contributed by atoms with E-state index in [1.807, 2.05) is 55.3 Å². The lowest BCUT2D eigenvalue weighted by atomic mass is 9.81. The third-order valence-corrected chi connectivity index (χ3v) is 4.09. The fourth-order valence-electron chi connectivity index (χ4n) is 2.53. The number of benzene rings is 1. The van der Waals surface area contributed by atoms with E-state index in [1.54, 1.807) is 0 Å². The molecule has 26 heavy (non-hydrogen) atoms. The van der Waals surface area contributed by atoms with Gasteiger partial charge in [0.25, 0.3) is 0 Å². The van der Waals surface area contributed by atoms with Crippen LogP contribution in [-0.4, -0.2) is 44.7 Å². The predicted molar refractivity (Wildman–Crippen MR) is 103 cm³/mol. The quantitative estimate of drug-likeness (QED) is 0.255. The molecule has 0 aliphatic carbocycles. The minimum atomic E-state index is -0.718. The Morgan fingerprint density at radius 3 is 1.92 bits per heavy atom. The van der Waals surface area contributed by atoms with Gasteiger partial charge in [0.15, 0.2) is 5.57 Å². The van der Waals surface area contributed by atoms with Crippen molar-refractivity contribution in [3.63, 3.8) is 0 Å². The van der Waals surface area contributed by atoms with Crippen LogP contribution >= 0.6 is 0 Å². The minimum absolute atomic E-state index is 0.114. The molecule has 1 aromatic rings. The SMILES string of the molecule is CCN(C)C(/C=C(/c1ccccc1)C(C)(C)C)=C(C(=O)OC)C(=O)OC. The number of likely N-dealkylation sites (N-methyl/N-ethyl adjacent to an activating group) is 1. The third-order valence-electron chi connectivity index (χ3n) is 4.09. The fourth-order valence-corrected chi connectivity index (χ4v) is 2.53. The van der Waals surface area contributed by atoms with Crippen molar-refractivity contribution in [3.8, 4) is 0 Å². The van der Waals surface area contributed by atoms with E-state index in [9.17, 15) is 9.59 Å². The number of hydrogen-bond donors (Lipinski definition) is 0. The van der Waals surface area contributed by atoms with Crippen LogP contribution in [0.5, 0.6) is 0 Å². The van der Waals surface area contributed by atoms with E-state index in [0.717, 1.165) is 11.1 Å². The summed E-state index contributed by atoms with van der Waals surface area (Å²) in [5, 5.41) is 0. The largest absolute Gasteiger partial charge is 0.465 e. The second-order valence-corrected chi connectivity index (χ2v) is 6.93. The number of nitrogens with zero attached hydrogens (tertiary/aromatic N) is 1. The van der Waals surface area contributed by atoms with Gasteiger partial charge < -0.3 is 14.4 Å². The van der Waals surface area contributed by atoms with Crippen molar-refractivity contribution in [2.24, 2.45) is 5.41 Å². The van der Waals surface area contributed by atoms with Crippen LogP contribution in [0.15, 0.2) is 47.7 Å². The predicted octanol–water partition coefficient (Wildman–Crippen LogP) is 3.67. The highest BCUT2D eigenvalue weighted by molar-refractivity contribution is 6.15. The van der Waals surface area contributed by atoms with Gasteiger partial charge in [-0.1, -0.05) is 51.1 Å². The number of methoxy groups -OCH3 is 2. The maximum Gasteiger partial charge on any atom is 0.347 e. The number of ether oxygens (including phenoxy) is 2. The average Bonchev–Trinajstić information content (AvgIpc) is 2.62. The molecule has 0 aromatic heterocycles. The van der Waals surface area contributed by atoms with Crippen molar-refractivity contribution in [2.75, 3.05) is 27.8 Å². The Morgan fingerprint density at radius 1 is 1.04 bits per heavy atom. The summed E-state index contributed by atoms with van der Waals surface area (Å²) in [6, 6.07) is 9.90. The Kier molecular flexibility index (Phi) is 7.62. The summed E-state index contributed by atoms with van der Waals surface area (Å²) >= 11 is 0. The molecule has 0 saturated carbocycles. The molecule has 0 heterocycles. The van der Waals surface area contributed by atoms with Crippen LogP contribution in [-0.2, 0) is 19.1 Å². The summed E-state index contributed by atoms with van der Waals surface area (Å²) in [4.78, 5) is 26.4. The zero-order chi connectivity index (χ0) is 19.9. The standard InChI is InChI=1S/C21H29NO4/c1-8-22(5)17(18(19(23)25-6)20(24)26-7)14-16(21(2,3)4)15-12-10-9-11-13-15/h9-14H,8H2,1-7H3/b16-14-. The Balaban J connectivity index is 3.79. The molecule has 1 rings (SSSR count). The molecule has 0 unspecified atom stereocenters. The lowest BCUT2D eigenvalue weighted by Gasteiger charge is -2.27. The topological polar surface area (TPSA) is 55.8 Å². The maximum atomic E-state index is 12.3. The van der Waals surface area contributed by atoms with Crippen molar-refractivity contribution in [3.05, 3.63) is 53.2 Å². The van der Waals surface area contributed by atoms with Crippen LogP contribution in [0.4, 0.5) is 0 Å². The number of carbonyl (C=O) groups excluding carboxylic acids is 2. The van der Waals surface area contributed by atoms with E-state index >= 15 is 0 Å². The molecule has 0 fully saturated rings. The Labute approximate surface area is 156 Å². The monoisotopic (exact) mass is 359 g/mol. The molecule has 0 spiro atoms. The Hall–Kier alpha value is -2.56. The van der Waals surface area contributed by atoms with Gasteiger partial charge in [0.2, 0.25) is 0 Å². The number of hydrogen-bond acceptors (Lipinski definition) is 5. The first kappa shape index (κ1) is 21.5. The Bertz CT molecular complexity index is 678.